The lowest BCUT2D eigenvalue weighted by molar-refractivity contribution is -0.150. The van der Waals surface area contributed by atoms with E-state index < -0.39 is 17.5 Å². The lowest BCUT2D eigenvalue weighted by atomic mass is 9.80. The third-order valence-corrected chi connectivity index (χ3v) is 6.83. The Labute approximate surface area is 201 Å². The van der Waals surface area contributed by atoms with E-state index in [1.54, 1.807) is 0 Å². The maximum Gasteiger partial charge on any atom is 0.407 e. The van der Waals surface area contributed by atoms with Crippen molar-refractivity contribution in [3.8, 4) is 11.1 Å². The third-order valence-electron chi connectivity index (χ3n) is 6.83. The molecule has 34 heavy (non-hydrogen) atoms. The molecule has 182 valence electrons. The van der Waals surface area contributed by atoms with Gasteiger partial charge in [0.15, 0.2) is 0 Å². The van der Waals surface area contributed by atoms with Gasteiger partial charge < -0.3 is 20.1 Å². The van der Waals surface area contributed by atoms with Gasteiger partial charge in [-0.05, 0) is 41.5 Å². The number of carboxylic acid groups (broad SMARTS) is 1. The zero-order chi connectivity index (χ0) is 24.7. The van der Waals surface area contributed by atoms with Crippen LogP contribution in [0.1, 0.15) is 57.1 Å². The molecule has 1 aliphatic rings. The van der Waals surface area contributed by atoms with Gasteiger partial charge in [-0.15, -0.1) is 0 Å². The van der Waals surface area contributed by atoms with Gasteiger partial charge in [-0.2, -0.15) is 0 Å². The normalized spacial score (nSPS) is 12.6. The lowest BCUT2D eigenvalue weighted by Gasteiger charge is -2.35. The van der Waals surface area contributed by atoms with Crippen molar-refractivity contribution >= 4 is 18.0 Å². The number of ether oxygens (including phenoxy) is 1. The van der Waals surface area contributed by atoms with Crippen molar-refractivity contribution in [2.75, 3.05) is 26.2 Å². The molecule has 0 saturated heterocycles. The largest absolute Gasteiger partial charge is 0.480 e. The molecule has 0 aliphatic heterocycles. The highest BCUT2D eigenvalue weighted by molar-refractivity contribution is 5.86. The first-order chi connectivity index (χ1) is 16.4. The van der Waals surface area contributed by atoms with Crippen molar-refractivity contribution < 1.29 is 24.2 Å². The number of carboxylic acids is 1. The summed E-state index contributed by atoms with van der Waals surface area (Å²) in [5.41, 5.74) is 3.70. The smallest absolute Gasteiger partial charge is 0.407 e. The summed E-state index contributed by atoms with van der Waals surface area (Å²) >= 11 is 0. The molecule has 0 atom stereocenters. The quantitative estimate of drug-likeness (QED) is 0.502. The second-order valence-corrected chi connectivity index (χ2v) is 8.79. The predicted octanol–water partition coefficient (Wildman–Crippen LogP) is 4.65. The summed E-state index contributed by atoms with van der Waals surface area (Å²) in [5, 5.41) is 12.0. The van der Waals surface area contributed by atoms with Gasteiger partial charge in [0.2, 0.25) is 5.91 Å². The Kier molecular flexibility index (Phi) is 8.31. The van der Waals surface area contributed by atoms with E-state index in [0.29, 0.717) is 25.8 Å². The maximum absolute atomic E-state index is 13.3. The number of hydrogen-bond acceptors (Lipinski definition) is 4. The van der Waals surface area contributed by atoms with Crippen LogP contribution in [0.3, 0.4) is 0 Å². The first kappa shape index (κ1) is 25.3. The van der Waals surface area contributed by atoms with Gasteiger partial charge in [-0.1, -0.05) is 69.3 Å². The summed E-state index contributed by atoms with van der Waals surface area (Å²) in [6.45, 7) is 5.96. The summed E-state index contributed by atoms with van der Waals surface area (Å²) in [6.07, 6.45) is 1.03. The number of nitrogens with one attached hydrogen (secondary N) is 1. The van der Waals surface area contributed by atoms with Crippen LogP contribution in [0.25, 0.3) is 11.1 Å². The standard InChI is InChI=1S/C27H34N2O5/c1-4-15-29(16-24(30)31)25(32)27(5-2,6-3)18-28-26(33)34-17-23-21-13-9-7-11-19(21)20-12-8-10-14-22(20)23/h7-14,23H,4-6,15-18H2,1-3H3,(H,28,33)(H,30,31). The summed E-state index contributed by atoms with van der Waals surface area (Å²) in [4.78, 5) is 38.6. The van der Waals surface area contributed by atoms with E-state index in [9.17, 15) is 19.5 Å². The average Bonchev–Trinajstić information content (AvgIpc) is 3.16. The van der Waals surface area contributed by atoms with E-state index in [2.05, 4.69) is 29.6 Å². The second-order valence-electron chi connectivity index (χ2n) is 8.79. The zero-order valence-electron chi connectivity index (χ0n) is 20.2. The van der Waals surface area contributed by atoms with Gasteiger partial charge in [-0.25, -0.2) is 4.79 Å². The van der Waals surface area contributed by atoms with Crippen molar-refractivity contribution in [2.24, 2.45) is 5.41 Å². The van der Waals surface area contributed by atoms with Crippen LogP contribution in [0.5, 0.6) is 0 Å². The SMILES string of the molecule is CCCN(CC(=O)O)C(=O)C(CC)(CC)CNC(=O)OCC1c2ccccc2-c2ccccc21. The van der Waals surface area contributed by atoms with Crippen LogP contribution in [0.4, 0.5) is 4.79 Å². The highest BCUT2D eigenvalue weighted by Crippen LogP contribution is 2.44. The minimum Gasteiger partial charge on any atom is -0.480 e. The van der Waals surface area contributed by atoms with Crippen LogP contribution in [-0.2, 0) is 14.3 Å². The molecule has 1 aliphatic carbocycles. The molecule has 0 heterocycles. The highest BCUT2D eigenvalue weighted by atomic mass is 16.5. The van der Waals surface area contributed by atoms with Crippen molar-refractivity contribution in [3.05, 3.63) is 59.7 Å². The number of hydrogen-bond donors (Lipinski definition) is 2. The van der Waals surface area contributed by atoms with Gasteiger partial charge in [0.1, 0.15) is 13.2 Å². The molecule has 0 fully saturated rings. The predicted molar refractivity (Wildman–Crippen MR) is 131 cm³/mol. The number of benzene rings is 2. The van der Waals surface area contributed by atoms with E-state index in [-0.39, 0.29) is 31.5 Å². The van der Waals surface area contributed by atoms with Crippen LogP contribution in [0.2, 0.25) is 0 Å². The Morgan fingerprint density at radius 3 is 2.03 bits per heavy atom. The van der Waals surface area contributed by atoms with Crippen molar-refractivity contribution in [2.45, 2.75) is 46.0 Å². The number of nitrogens with zero attached hydrogens (tertiary/aromatic N) is 1. The summed E-state index contributed by atoms with van der Waals surface area (Å²) in [6, 6.07) is 16.3. The molecule has 2 amide bonds. The molecule has 0 bridgehead atoms. The van der Waals surface area contributed by atoms with Crippen LogP contribution < -0.4 is 5.32 Å². The molecule has 0 radical (unpaired) electrons. The molecule has 0 spiro atoms. The first-order valence-corrected chi connectivity index (χ1v) is 12.0. The number of rotatable bonds is 11. The first-order valence-electron chi connectivity index (χ1n) is 12.0. The number of amides is 2. The average molecular weight is 467 g/mol. The Bertz CT molecular complexity index is 986. The van der Waals surface area contributed by atoms with Crippen LogP contribution in [0, 0.1) is 5.41 Å². The van der Waals surface area contributed by atoms with Crippen LogP contribution in [0.15, 0.2) is 48.5 Å². The fourth-order valence-corrected chi connectivity index (χ4v) is 4.79. The van der Waals surface area contributed by atoms with E-state index in [1.165, 1.54) is 4.90 Å². The Morgan fingerprint density at radius 1 is 0.971 bits per heavy atom. The van der Waals surface area contributed by atoms with E-state index in [0.717, 1.165) is 22.3 Å². The molecule has 2 aromatic rings. The summed E-state index contributed by atoms with van der Waals surface area (Å²) in [7, 11) is 0. The van der Waals surface area contributed by atoms with Crippen molar-refractivity contribution in [1.82, 2.24) is 10.2 Å². The molecular weight excluding hydrogens is 432 g/mol. The number of aliphatic carboxylic acids is 1. The molecule has 7 nitrogen and oxygen atoms in total. The van der Waals surface area contributed by atoms with E-state index >= 15 is 0 Å². The molecule has 0 saturated carbocycles. The molecule has 2 aromatic carbocycles. The highest BCUT2D eigenvalue weighted by Gasteiger charge is 2.39. The lowest BCUT2D eigenvalue weighted by Crippen LogP contribution is -2.51. The minimum atomic E-state index is -1.05. The van der Waals surface area contributed by atoms with Gasteiger partial charge >= 0.3 is 12.1 Å². The monoisotopic (exact) mass is 466 g/mol. The van der Waals surface area contributed by atoms with Gasteiger partial charge in [0, 0.05) is 19.0 Å². The summed E-state index contributed by atoms with van der Waals surface area (Å²) < 4.78 is 5.61. The van der Waals surface area contributed by atoms with Crippen LogP contribution >= 0.6 is 0 Å². The molecular formula is C27H34N2O5. The summed E-state index contributed by atoms with van der Waals surface area (Å²) in [5.74, 6) is -1.34. The number of carbonyl (C=O) groups is 3. The molecule has 0 aromatic heterocycles. The Morgan fingerprint density at radius 2 is 1.53 bits per heavy atom. The van der Waals surface area contributed by atoms with Gasteiger partial charge in [0.25, 0.3) is 0 Å². The maximum atomic E-state index is 13.3. The van der Waals surface area contributed by atoms with E-state index in [4.69, 9.17) is 4.74 Å². The van der Waals surface area contributed by atoms with Crippen molar-refractivity contribution in [1.29, 1.82) is 0 Å². The number of alkyl carbamates (subject to hydrolysis) is 1. The fraction of sp³-hybridized carbons (Fsp3) is 0.444. The van der Waals surface area contributed by atoms with Gasteiger partial charge in [-0.3, -0.25) is 9.59 Å². The fourth-order valence-electron chi connectivity index (χ4n) is 4.79. The molecule has 2 N–H and O–H groups in total. The second kappa shape index (κ2) is 11.2. The number of carbonyl (C=O) groups excluding carboxylic acids is 2. The minimum absolute atomic E-state index is 0.0440. The van der Waals surface area contributed by atoms with Crippen molar-refractivity contribution in [3.63, 3.8) is 0 Å². The van der Waals surface area contributed by atoms with E-state index in [1.807, 2.05) is 45.0 Å². The third kappa shape index (κ3) is 5.24. The van der Waals surface area contributed by atoms with Gasteiger partial charge in [0.05, 0.1) is 5.41 Å². The zero-order valence-corrected chi connectivity index (χ0v) is 20.2. The molecule has 7 heteroatoms. The number of fused-ring (bicyclic) bond motifs is 3. The Hall–Kier alpha value is -3.35. The molecule has 0 unspecified atom stereocenters. The Balaban J connectivity index is 1.66. The molecule has 3 rings (SSSR count). The topological polar surface area (TPSA) is 95.9 Å². The van der Waals surface area contributed by atoms with Crippen LogP contribution in [-0.4, -0.2) is 54.2 Å².